The van der Waals surface area contributed by atoms with Crippen LogP contribution >= 0.6 is 11.6 Å². The second-order valence-corrected chi connectivity index (χ2v) is 4.55. The van der Waals surface area contributed by atoms with Crippen LogP contribution in [0.1, 0.15) is 19.3 Å². The first-order valence-corrected chi connectivity index (χ1v) is 6.08. The number of rotatable bonds is 2. The molecule has 0 aromatic carbocycles. The number of halogens is 1. The summed E-state index contributed by atoms with van der Waals surface area (Å²) >= 11 is 5.73. The molecule has 4 nitrogen and oxygen atoms in total. The van der Waals surface area contributed by atoms with Crippen molar-refractivity contribution in [2.24, 2.45) is 0 Å². The second-order valence-electron chi connectivity index (χ2n) is 4.16. The molecule has 1 atom stereocenters. The van der Waals surface area contributed by atoms with Gasteiger partial charge in [-0.15, -0.1) is 10.2 Å². The van der Waals surface area contributed by atoms with E-state index in [0.29, 0.717) is 11.2 Å². The van der Waals surface area contributed by atoms with E-state index in [1.807, 2.05) is 6.07 Å². The SMILES string of the molecule is CN(c1ccc(Cl)nn1)C1CCCNCC1. The average molecular weight is 241 g/mol. The molecule has 1 fully saturated rings. The lowest BCUT2D eigenvalue weighted by Crippen LogP contribution is -2.33. The molecule has 1 saturated heterocycles. The minimum absolute atomic E-state index is 0.444. The molecule has 1 aliphatic heterocycles. The Labute approximate surface area is 101 Å². The van der Waals surface area contributed by atoms with Crippen LogP contribution in [0.25, 0.3) is 0 Å². The predicted octanol–water partition coefficient (Wildman–Crippen LogP) is 1.71. The third kappa shape index (κ3) is 2.83. The standard InChI is InChI=1S/C11H17ClN4/c1-16(9-3-2-7-13-8-6-9)11-5-4-10(12)14-15-11/h4-5,9,13H,2-3,6-8H2,1H3. The molecule has 0 amide bonds. The van der Waals surface area contributed by atoms with Gasteiger partial charge in [0.2, 0.25) is 0 Å². The molecule has 1 aliphatic rings. The van der Waals surface area contributed by atoms with Gasteiger partial charge >= 0.3 is 0 Å². The summed E-state index contributed by atoms with van der Waals surface area (Å²) < 4.78 is 0. The lowest BCUT2D eigenvalue weighted by molar-refractivity contribution is 0.560. The van der Waals surface area contributed by atoms with Gasteiger partial charge in [-0.1, -0.05) is 11.6 Å². The molecular formula is C11H17ClN4. The highest BCUT2D eigenvalue weighted by molar-refractivity contribution is 6.29. The van der Waals surface area contributed by atoms with Gasteiger partial charge in [0.25, 0.3) is 0 Å². The van der Waals surface area contributed by atoms with E-state index >= 15 is 0 Å². The molecule has 0 radical (unpaired) electrons. The van der Waals surface area contributed by atoms with Crippen LogP contribution in [0.2, 0.25) is 5.15 Å². The summed E-state index contributed by atoms with van der Waals surface area (Å²) in [6.07, 6.45) is 3.57. The lowest BCUT2D eigenvalue weighted by Gasteiger charge is -2.27. The highest BCUT2D eigenvalue weighted by atomic mass is 35.5. The van der Waals surface area contributed by atoms with Crippen molar-refractivity contribution in [3.8, 4) is 0 Å². The van der Waals surface area contributed by atoms with Crippen LogP contribution in [0.3, 0.4) is 0 Å². The van der Waals surface area contributed by atoms with Gasteiger partial charge in [0.15, 0.2) is 11.0 Å². The normalized spacial score (nSPS) is 21.5. The molecule has 1 aromatic rings. The van der Waals surface area contributed by atoms with E-state index in [9.17, 15) is 0 Å². The Balaban J connectivity index is 2.04. The summed E-state index contributed by atoms with van der Waals surface area (Å²) in [5, 5.41) is 11.8. The fourth-order valence-corrected chi connectivity index (χ4v) is 2.17. The number of nitrogens with one attached hydrogen (secondary N) is 1. The van der Waals surface area contributed by atoms with Crippen LogP contribution in [0.15, 0.2) is 12.1 Å². The van der Waals surface area contributed by atoms with E-state index in [-0.39, 0.29) is 0 Å². The number of hydrogen-bond donors (Lipinski definition) is 1. The van der Waals surface area contributed by atoms with Gasteiger partial charge in [-0.25, -0.2) is 0 Å². The van der Waals surface area contributed by atoms with Crippen LogP contribution in [-0.4, -0.2) is 36.4 Å². The molecule has 1 aromatic heterocycles. The van der Waals surface area contributed by atoms with E-state index in [1.165, 1.54) is 12.8 Å². The van der Waals surface area contributed by atoms with E-state index in [2.05, 4.69) is 27.5 Å². The highest BCUT2D eigenvalue weighted by Gasteiger charge is 2.17. The van der Waals surface area contributed by atoms with Crippen molar-refractivity contribution < 1.29 is 0 Å². The summed E-state index contributed by atoms with van der Waals surface area (Å²) in [7, 11) is 2.08. The third-order valence-corrected chi connectivity index (χ3v) is 3.27. The van der Waals surface area contributed by atoms with Crippen molar-refractivity contribution in [1.82, 2.24) is 15.5 Å². The first-order chi connectivity index (χ1) is 7.77. The van der Waals surface area contributed by atoms with Gasteiger partial charge < -0.3 is 10.2 Å². The van der Waals surface area contributed by atoms with Gasteiger partial charge in [-0.3, -0.25) is 0 Å². The Kier molecular flexibility index (Phi) is 3.96. The summed E-state index contributed by atoms with van der Waals surface area (Å²) in [5.74, 6) is 0.899. The monoisotopic (exact) mass is 240 g/mol. The first kappa shape index (κ1) is 11.6. The minimum Gasteiger partial charge on any atom is -0.355 e. The molecule has 0 bridgehead atoms. The van der Waals surface area contributed by atoms with Crippen LogP contribution in [0.5, 0.6) is 0 Å². The molecule has 0 spiro atoms. The summed E-state index contributed by atoms with van der Waals surface area (Å²) in [6, 6.07) is 4.26. The molecule has 16 heavy (non-hydrogen) atoms. The van der Waals surface area contributed by atoms with Gasteiger partial charge in [-0.2, -0.15) is 0 Å². The fourth-order valence-electron chi connectivity index (χ4n) is 2.07. The maximum atomic E-state index is 5.73. The molecule has 88 valence electrons. The van der Waals surface area contributed by atoms with Crippen molar-refractivity contribution in [3.63, 3.8) is 0 Å². The van der Waals surface area contributed by atoms with Gasteiger partial charge in [0.05, 0.1) is 0 Å². The Hall–Kier alpha value is -0.870. The molecule has 1 N–H and O–H groups in total. The van der Waals surface area contributed by atoms with Crippen LogP contribution in [0.4, 0.5) is 5.82 Å². The fraction of sp³-hybridized carbons (Fsp3) is 0.636. The second kappa shape index (κ2) is 5.46. The average Bonchev–Trinajstić information content (AvgIpc) is 2.57. The van der Waals surface area contributed by atoms with Crippen molar-refractivity contribution in [1.29, 1.82) is 0 Å². The van der Waals surface area contributed by atoms with Gasteiger partial charge in [0.1, 0.15) is 0 Å². The number of nitrogens with zero attached hydrogens (tertiary/aromatic N) is 3. The van der Waals surface area contributed by atoms with Crippen LogP contribution in [-0.2, 0) is 0 Å². The van der Waals surface area contributed by atoms with Crippen LogP contribution < -0.4 is 10.2 Å². The molecule has 2 rings (SSSR count). The van der Waals surface area contributed by atoms with E-state index in [1.54, 1.807) is 6.07 Å². The van der Waals surface area contributed by atoms with E-state index in [4.69, 9.17) is 11.6 Å². The number of anilines is 1. The first-order valence-electron chi connectivity index (χ1n) is 5.70. The van der Waals surface area contributed by atoms with Crippen LogP contribution in [0, 0.1) is 0 Å². The molecular weight excluding hydrogens is 224 g/mol. The highest BCUT2D eigenvalue weighted by Crippen LogP contribution is 2.18. The molecule has 0 saturated carbocycles. The van der Waals surface area contributed by atoms with Crippen molar-refractivity contribution in [2.75, 3.05) is 25.0 Å². The Morgan fingerprint density at radius 3 is 2.94 bits per heavy atom. The van der Waals surface area contributed by atoms with Gasteiger partial charge in [-0.05, 0) is 44.5 Å². The maximum absolute atomic E-state index is 5.73. The summed E-state index contributed by atoms with van der Waals surface area (Å²) in [6.45, 7) is 2.20. The molecule has 5 heteroatoms. The molecule has 0 aliphatic carbocycles. The Morgan fingerprint density at radius 2 is 2.19 bits per heavy atom. The zero-order chi connectivity index (χ0) is 11.4. The zero-order valence-corrected chi connectivity index (χ0v) is 10.2. The topological polar surface area (TPSA) is 41.1 Å². The summed E-state index contributed by atoms with van der Waals surface area (Å²) in [5.41, 5.74) is 0. The van der Waals surface area contributed by atoms with Crippen molar-refractivity contribution in [3.05, 3.63) is 17.3 Å². The van der Waals surface area contributed by atoms with Crippen molar-refractivity contribution >= 4 is 17.4 Å². The quantitative estimate of drug-likeness (QED) is 0.855. The van der Waals surface area contributed by atoms with Gasteiger partial charge in [0, 0.05) is 13.1 Å². The largest absolute Gasteiger partial charge is 0.355 e. The van der Waals surface area contributed by atoms with E-state index in [0.717, 1.165) is 25.3 Å². The molecule has 1 unspecified atom stereocenters. The van der Waals surface area contributed by atoms with Crippen molar-refractivity contribution in [2.45, 2.75) is 25.3 Å². The Morgan fingerprint density at radius 1 is 1.31 bits per heavy atom. The predicted molar refractivity (Wildman–Crippen MR) is 66.0 cm³/mol. The number of hydrogen-bond acceptors (Lipinski definition) is 4. The maximum Gasteiger partial charge on any atom is 0.151 e. The number of aromatic nitrogens is 2. The minimum atomic E-state index is 0.444. The molecule has 2 heterocycles. The lowest BCUT2D eigenvalue weighted by atomic mass is 10.1. The smallest absolute Gasteiger partial charge is 0.151 e. The zero-order valence-electron chi connectivity index (χ0n) is 9.49. The summed E-state index contributed by atoms with van der Waals surface area (Å²) in [4.78, 5) is 2.20. The van der Waals surface area contributed by atoms with E-state index < -0.39 is 0 Å². The Bertz CT molecular complexity index is 319. The third-order valence-electron chi connectivity index (χ3n) is 3.07.